The molecule has 0 spiro atoms. The van der Waals surface area contributed by atoms with Crippen molar-refractivity contribution in [2.45, 2.75) is 0 Å². The van der Waals surface area contributed by atoms with Crippen LogP contribution < -0.4 is 0 Å². The number of rotatable bonds is 0. The summed E-state index contributed by atoms with van der Waals surface area (Å²) in [6.45, 7) is 0. The van der Waals surface area contributed by atoms with Crippen LogP contribution in [0.5, 0.6) is 0 Å². The molecule has 0 aliphatic heterocycles. The van der Waals surface area contributed by atoms with E-state index in [4.69, 9.17) is 8.55 Å². The van der Waals surface area contributed by atoms with E-state index in [2.05, 4.69) is 0 Å². The van der Waals surface area contributed by atoms with Gasteiger partial charge in [0, 0.05) is 0 Å². The van der Waals surface area contributed by atoms with Gasteiger partial charge in [-0.3, -0.25) is 0 Å². The molecule has 0 aromatic rings. The Balaban J connectivity index is -0.0000000225. The summed E-state index contributed by atoms with van der Waals surface area (Å²) in [4.78, 5) is 0. The van der Waals surface area contributed by atoms with Gasteiger partial charge in [0.05, 0.1) is 0 Å². The quantitative estimate of drug-likeness (QED) is 0.486. The Morgan fingerprint density at radius 2 is 1.17 bits per heavy atom. The Kier molecular flexibility index (Phi) is 201. The first-order valence-electron chi connectivity index (χ1n) is 0.686. The summed E-state index contributed by atoms with van der Waals surface area (Å²) < 4.78 is 24.7. The van der Waals surface area contributed by atoms with Crippen molar-refractivity contribution < 1.29 is 53.4 Å². The number of hydrogen-bond donors (Lipinski definition) is 0. The maximum atomic E-state index is 8.28. The van der Waals surface area contributed by atoms with Crippen LogP contribution in [0.3, 0.4) is 0 Å². The summed E-state index contributed by atoms with van der Waals surface area (Å²) in [5, 5.41) is 0. The predicted molar refractivity (Wildman–Crippen MR) is 17.8 cm³/mol. The number of hydrogen-bond acceptors (Lipinski definition) is 3. The fourth-order valence-corrected chi connectivity index (χ4v) is 0. The molecule has 0 aliphatic rings. The minimum atomic E-state index is 0.611. The molecular formula is H3AlO3SiYb. The first kappa shape index (κ1) is 15.6. The van der Waals surface area contributed by atoms with Gasteiger partial charge in [0.15, 0.2) is 0 Å². The molecule has 0 fully saturated rings. The first-order chi connectivity index (χ1) is 3.00. The molecule has 0 unspecified atom stereocenters. The monoisotopic (exact) mass is 280 g/mol. The molecule has 0 saturated heterocycles. The fourth-order valence-electron chi connectivity index (χ4n) is 0. The Hall–Kier alpha value is 1.67. The summed E-state index contributed by atoms with van der Waals surface area (Å²) in [6, 6.07) is 0. The van der Waals surface area contributed by atoms with Gasteiger partial charge in [-0.05, 0) is 0 Å². The molecule has 0 radical (unpaired) electrons. The Morgan fingerprint density at radius 3 is 1.17 bits per heavy atom. The standard InChI is InChI=1S/Al.H2OSi.2O.Yb.H/c;1-2;;;;/h;2H2;;;;. The van der Waals surface area contributed by atoms with Gasteiger partial charge in [0.2, 0.25) is 10.1 Å². The van der Waals surface area contributed by atoms with E-state index in [0.29, 0.717) is 26.4 Å². The van der Waals surface area contributed by atoms with Gasteiger partial charge in [0.25, 0.3) is 0 Å². The van der Waals surface area contributed by atoms with Crippen molar-refractivity contribution >= 4 is 26.4 Å². The van der Waals surface area contributed by atoms with Gasteiger partial charge in [-0.15, -0.1) is 0 Å². The zero-order chi connectivity index (χ0) is 6.00. The van der Waals surface area contributed by atoms with Crippen LogP contribution in [0.15, 0.2) is 0 Å². The summed E-state index contributed by atoms with van der Waals surface area (Å²) >= 11 is 2.06. The van der Waals surface area contributed by atoms with Crippen molar-refractivity contribution in [3.05, 3.63) is 0 Å². The molecule has 0 aliphatic carbocycles. The second-order valence-corrected chi connectivity index (χ2v) is 0. The molecule has 0 N–H and O–H groups in total. The molecule has 0 amide bonds. The van der Waals surface area contributed by atoms with E-state index in [1.165, 1.54) is 44.8 Å². The van der Waals surface area contributed by atoms with Crippen LogP contribution in [0.1, 0.15) is 0 Å². The van der Waals surface area contributed by atoms with Gasteiger partial charge < -0.3 is 4.46 Å². The van der Waals surface area contributed by atoms with Gasteiger partial charge in [-0.2, -0.15) is 0 Å². The summed E-state index contributed by atoms with van der Waals surface area (Å²) in [7, 11) is 0.611. The predicted octanol–water partition coefficient (Wildman–Crippen LogP) is -1.92. The van der Waals surface area contributed by atoms with Crippen LogP contribution in [0.4, 0.5) is 0 Å². The molecular weight excluding hydrogens is 276 g/mol. The molecule has 42 valence electrons. The van der Waals surface area contributed by atoms with E-state index in [1.807, 2.05) is 0 Å². The third-order valence-corrected chi connectivity index (χ3v) is 0. The molecule has 0 bridgehead atoms. The van der Waals surface area contributed by atoms with Crippen molar-refractivity contribution in [2.75, 3.05) is 0 Å². The van der Waals surface area contributed by atoms with Crippen molar-refractivity contribution in [1.82, 2.24) is 0 Å². The van der Waals surface area contributed by atoms with Gasteiger partial charge >= 0.3 is 65.1 Å². The van der Waals surface area contributed by atoms with Crippen LogP contribution in [-0.2, 0) is 8.55 Å². The third kappa shape index (κ3) is 44.4. The van der Waals surface area contributed by atoms with E-state index in [9.17, 15) is 0 Å². The van der Waals surface area contributed by atoms with E-state index >= 15 is 0 Å². The summed E-state index contributed by atoms with van der Waals surface area (Å²) in [5.74, 6) is 0. The fraction of sp³-hybridized carbons (Fsp3) is 0. The molecule has 0 atom stereocenters. The van der Waals surface area contributed by atoms with E-state index in [0.717, 1.165) is 0 Å². The summed E-state index contributed by atoms with van der Waals surface area (Å²) in [6.07, 6.45) is 0. The van der Waals surface area contributed by atoms with Crippen molar-refractivity contribution in [2.24, 2.45) is 0 Å². The van der Waals surface area contributed by atoms with E-state index < -0.39 is 0 Å². The van der Waals surface area contributed by atoms with Crippen LogP contribution in [0.2, 0.25) is 0 Å². The van der Waals surface area contributed by atoms with Crippen LogP contribution in [0.25, 0.3) is 0 Å². The molecule has 0 rings (SSSR count). The van der Waals surface area contributed by atoms with Crippen molar-refractivity contribution in [3.63, 3.8) is 0 Å². The summed E-state index contributed by atoms with van der Waals surface area (Å²) in [5.41, 5.74) is 0. The Bertz CT molecular complexity index is 15.5. The second kappa shape index (κ2) is 77.0. The Morgan fingerprint density at radius 1 is 1.17 bits per heavy atom. The second-order valence-electron chi connectivity index (χ2n) is 0. The SMILES string of the molecule is O=[SiH2].[O]=[AlH].[O]=[Yb]. The van der Waals surface area contributed by atoms with E-state index in [1.54, 1.807) is 0 Å². The molecule has 6 heteroatoms. The van der Waals surface area contributed by atoms with Gasteiger partial charge in [-0.25, -0.2) is 0 Å². The van der Waals surface area contributed by atoms with Crippen LogP contribution >= 0.6 is 0 Å². The molecule has 0 aromatic heterocycles. The Labute approximate surface area is 78.2 Å². The molecule has 6 heavy (non-hydrogen) atoms. The normalized spacial score (nSPS) is 2.17. The zero-order valence-corrected chi connectivity index (χ0v) is 7.45. The first-order valence-corrected chi connectivity index (χ1v) is 2.54. The van der Waals surface area contributed by atoms with Crippen LogP contribution in [-0.4, -0.2) is 26.4 Å². The minimum absolute atomic E-state index is 0.611. The molecule has 0 heterocycles. The van der Waals surface area contributed by atoms with Crippen molar-refractivity contribution in [3.8, 4) is 0 Å². The maximum absolute atomic E-state index is 8.28. The average Bonchev–Trinajstić information content (AvgIpc) is 1.81. The molecule has 0 aromatic carbocycles. The van der Waals surface area contributed by atoms with Gasteiger partial charge in [-0.1, -0.05) is 0 Å². The van der Waals surface area contributed by atoms with Crippen molar-refractivity contribution in [1.29, 1.82) is 0 Å². The third-order valence-electron chi connectivity index (χ3n) is 0. The van der Waals surface area contributed by atoms with E-state index in [-0.39, 0.29) is 0 Å². The zero-order valence-electron chi connectivity index (χ0n) is 2.91. The topological polar surface area (TPSA) is 51.2 Å². The molecule has 3 nitrogen and oxygen atoms in total. The van der Waals surface area contributed by atoms with Crippen LogP contribution in [0, 0.1) is 44.8 Å². The molecule has 0 saturated carbocycles. The average molecular weight is 279 g/mol. The van der Waals surface area contributed by atoms with Gasteiger partial charge in [0.1, 0.15) is 0 Å².